The van der Waals surface area contributed by atoms with E-state index in [0.717, 1.165) is 12.8 Å². The van der Waals surface area contributed by atoms with Crippen LogP contribution in [0.4, 0.5) is 5.88 Å². The fraction of sp³-hybridized carbons (Fsp3) is 0.368. The molecule has 1 N–H and O–H groups in total. The number of anilines is 1. The first-order chi connectivity index (χ1) is 13.0. The van der Waals surface area contributed by atoms with Gasteiger partial charge in [-0.3, -0.25) is 0 Å². The highest BCUT2D eigenvalue weighted by Gasteiger charge is 2.28. The molecular formula is C19H22N4O3S. The molecule has 1 aliphatic rings. The van der Waals surface area contributed by atoms with Gasteiger partial charge in [0, 0.05) is 25.2 Å². The average molecular weight is 386 g/mol. The van der Waals surface area contributed by atoms with Crippen molar-refractivity contribution in [3.63, 3.8) is 0 Å². The van der Waals surface area contributed by atoms with Crippen LogP contribution in [0.3, 0.4) is 0 Å². The second-order valence-corrected chi connectivity index (χ2v) is 8.53. The van der Waals surface area contributed by atoms with Crippen molar-refractivity contribution in [2.45, 2.75) is 24.7 Å². The predicted molar refractivity (Wildman–Crippen MR) is 102 cm³/mol. The summed E-state index contributed by atoms with van der Waals surface area (Å²) < 4.78 is 32.7. The summed E-state index contributed by atoms with van der Waals surface area (Å²) in [5.41, 5.74) is 0.746. The van der Waals surface area contributed by atoms with Crippen molar-refractivity contribution in [2.24, 2.45) is 5.92 Å². The Morgan fingerprint density at radius 3 is 2.63 bits per heavy atom. The van der Waals surface area contributed by atoms with Gasteiger partial charge in [-0.25, -0.2) is 8.42 Å². The lowest BCUT2D eigenvalue weighted by molar-refractivity contribution is 0.288. The van der Waals surface area contributed by atoms with Crippen molar-refractivity contribution in [2.75, 3.05) is 25.0 Å². The van der Waals surface area contributed by atoms with Crippen LogP contribution in [0, 0.1) is 17.2 Å². The van der Waals surface area contributed by atoms with E-state index in [4.69, 9.17) is 9.68 Å². The van der Waals surface area contributed by atoms with Gasteiger partial charge in [-0.15, -0.1) is 6.58 Å². The molecule has 0 saturated carbocycles. The maximum Gasteiger partial charge on any atom is 0.243 e. The molecule has 7 nitrogen and oxygen atoms in total. The quantitative estimate of drug-likeness (QED) is 0.765. The number of oxazole rings is 1. The van der Waals surface area contributed by atoms with Crippen molar-refractivity contribution < 1.29 is 12.8 Å². The lowest BCUT2D eigenvalue weighted by Crippen LogP contribution is -2.37. The molecule has 0 radical (unpaired) electrons. The molecule has 0 bridgehead atoms. The SMILES string of the molecule is C=CCNc1oc(-c2ccc(S(=O)(=O)N3CCC(C)CC3)cc2)nc1C#N. The van der Waals surface area contributed by atoms with E-state index < -0.39 is 10.0 Å². The first kappa shape index (κ1) is 19.1. The molecule has 27 heavy (non-hydrogen) atoms. The summed E-state index contributed by atoms with van der Waals surface area (Å²) in [6.45, 7) is 7.29. The van der Waals surface area contributed by atoms with Gasteiger partial charge in [-0.2, -0.15) is 14.6 Å². The fourth-order valence-electron chi connectivity index (χ4n) is 2.95. The number of hydrogen-bond donors (Lipinski definition) is 1. The smallest absolute Gasteiger partial charge is 0.243 e. The van der Waals surface area contributed by atoms with Crippen molar-refractivity contribution in [3.8, 4) is 17.5 Å². The van der Waals surface area contributed by atoms with Crippen LogP contribution >= 0.6 is 0 Å². The van der Waals surface area contributed by atoms with Crippen molar-refractivity contribution in [1.29, 1.82) is 5.26 Å². The number of benzene rings is 1. The zero-order valence-corrected chi connectivity index (χ0v) is 16.0. The molecule has 1 fully saturated rings. The Bertz CT molecular complexity index is 950. The van der Waals surface area contributed by atoms with Gasteiger partial charge in [0.2, 0.25) is 27.5 Å². The monoisotopic (exact) mass is 386 g/mol. The zero-order chi connectivity index (χ0) is 19.4. The molecule has 0 atom stereocenters. The number of piperidine rings is 1. The number of aromatic nitrogens is 1. The number of nitrogens with one attached hydrogen (secondary N) is 1. The van der Waals surface area contributed by atoms with Gasteiger partial charge in [0.25, 0.3) is 0 Å². The third-order valence-electron chi connectivity index (χ3n) is 4.62. The van der Waals surface area contributed by atoms with Crippen LogP contribution in [-0.4, -0.2) is 37.3 Å². The van der Waals surface area contributed by atoms with Crippen molar-refractivity contribution in [1.82, 2.24) is 9.29 Å². The van der Waals surface area contributed by atoms with E-state index in [1.54, 1.807) is 30.3 Å². The minimum absolute atomic E-state index is 0.144. The molecular weight excluding hydrogens is 364 g/mol. The highest BCUT2D eigenvalue weighted by molar-refractivity contribution is 7.89. The molecule has 0 amide bonds. The highest BCUT2D eigenvalue weighted by Crippen LogP contribution is 2.28. The Hall–Kier alpha value is -2.63. The van der Waals surface area contributed by atoms with Gasteiger partial charge in [0.1, 0.15) is 6.07 Å². The average Bonchev–Trinajstić information content (AvgIpc) is 3.10. The third kappa shape index (κ3) is 4.04. The number of nitriles is 1. The summed E-state index contributed by atoms with van der Waals surface area (Å²) in [5.74, 6) is 1.09. The molecule has 3 rings (SSSR count). The molecule has 142 valence electrons. The Balaban J connectivity index is 1.82. The molecule has 0 spiro atoms. The largest absolute Gasteiger partial charge is 0.419 e. The molecule has 2 aromatic rings. The maximum atomic E-state index is 12.8. The molecule has 2 heterocycles. The van der Waals surface area contributed by atoms with Crippen molar-refractivity contribution in [3.05, 3.63) is 42.6 Å². The maximum absolute atomic E-state index is 12.8. The lowest BCUT2D eigenvalue weighted by Gasteiger charge is -2.29. The van der Waals surface area contributed by atoms with Crippen LogP contribution in [-0.2, 0) is 10.0 Å². The number of nitrogens with zero attached hydrogens (tertiary/aromatic N) is 3. The van der Waals surface area contributed by atoms with E-state index in [-0.39, 0.29) is 22.4 Å². The lowest BCUT2D eigenvalue weighted by atomic mass is 10.0. The summed E-state index contributed by atoms with van der Waals surface area (Å²) >= 11 is 0. The normalized spacial score (nSPS) is 16.0. The second kappa shape index (κ2) is 7.94. The molecule has 0 unspecified atom stereocenters. The second-order valence-electron chi connectivity index (χ2n) is 6.59. The third-order valence-corrected chi connectivity index (χ3v) is 6.53. The van der Waals surface area contributed by atoms with Crippen molar-refractivity contribution >= 4 is 15.9 Å². The minimum atomic E-state index is -3.50. The molecule has 1 aromatic carbocycles. The van der Waals surface area contributed by atoms with E-state index in [0.29, 0.717) is 31.1 Å². The topological polar surface area (TPSA) is 99.2 Å². The minimum Gasteiger partial charge on any atom is -0.419 e. The Kier molecular flexibility index (Phi) is 5.63. The van der Waals surface area contributed by atoms with Gasteiger partial charge in [0.15, 0.2) is 0 Å². The molecule has 1 aromatic heterocycles. The van der Waals surface area contributed by atoms with Gasteiger partial charge < -0.3 is 9.73 Å². The zero-order valence-electron chi connectivity index (χ0n) is 15.2. The summed E-state index contributed by atoms with van der Waals surface area (Å²) in [5, 5.41) is 12.1. The van der Waals surface area contributed by atoms with Crippen LogP contribution < -0.4 is 5.32 Å². The summed E-state index contributed by atoms with van der Waals surface area (Å²) in [4.78, 5) is 4.41. The van der Waals surface area contributed by atoms with Crippen LogP contribution in [0.2, 0.25) is 0 Å². The highest BCUT2D eigenvalue weighted by atomic mass is 32.2. The first-order valence-electron chi connectivity index (χ1n) is 8.82. The number of sulfonamides is 1. The van der Waals surface area contributed by atoms with Crippen LogP contribution in [0.5, 0.6) is 0 Å². The van der Waals surface area contributed by atoms with Crippen LogP contribution in [0.25, 0.3) is 11.5 Å². The molecule has 1 saturated heterocycles. The predicted octanol–water partition coefficient (Wildman–Crippen LogP) is 3.23. The first-order valence-corrected chi connectivity index (χ1v) is 10.3. The van der Waals surface area contributed by atoms with E-state index in [1.165, 1.54) is 4.31 Å². The summed E-state index contributed by atoms with van der Waals surface area (Å²) in [6, 6.07) is 8.36. The van der Waals surface area contributed by atoms with E-state index >= 15 is 0 Å². The van der Waals surface area contributed by atoms with Gasteiger partial charge >= 0.3 is 0 Å². The van der Waals surface area contributed by atoms with Gasteiger partial charge in [-0.1, -0.05) is 13.0 Å². The number of rotatable bonds is 6. The molecule has 8 heteroatoms. The van der Waals surface area contributed by atoms with E-state index in [2.05, 4.69) is 23.8 Å². The Morgan fingerprint density at radius 2 is 2.04 bits per heavy atom. The standard InChI is InChI=1S/C19H22N4O3S/c1-3-10-21-19-17(13-20)22-18(26-19)15-4-6-16(7-5-15)27(24,25)23-11-8-14(2)9-12-23/h3-7,14,21H,1,8-12H2,2H3. The van der Waals surface area contributed by atoms with E-state index in [9.17, 15) is 8.42 Å². The summed E-state index contributed by atoms with van der Waals surface area (Å²) in [6.07, 6.45) is 3.40. The molecule has 0 aliphatic carbocycles. The Morgan fingerprint density at radius 1 is 1.37 bits per heavy atom. The van der Waals surface area contributed by atoms with Crippen LogP contribution in [0.15, 0.2) is 46.2 Å². The summed E-state index contributed by atoms with van der Waals surface area (Å²) in [7, 11) is -3.50. The molecule has 1 aliphatic heterocycles. The van der Waals surface area contributed by atoms with Gasteiger partial charge in [-0.05, 0) is 43.0 Å². The van der Waals surface area contributed by atoms with Gasteiger partial charge in [0.05, 0.1) is 4.90 Å². The fourth-order valence-corrected chi connectivity index (χ4v) is 4.42. The van der Waals surface area contributed by atoms with Crippen LogP contribution in [0.1, 0.15) is 25.5 Å². The van der Waals surface area contributed by atoms with E-state index in [1.807, 2.05) is 6.07 Å². The Labute approximate surface area is 159 Å². The number of hydrogen-bond acceptors (Lipinski definition) is 6.